The molecule has 2 aromatic rings. The summed E-state index contributed by atoms with van der Waals surface area (Å²) in [5.41, 5.74) is 1.01. The lowest BCUT2D eigenvalue weighted by molar-refractivity contribution is 0.235. The van der Waals surface area contributed by atoms with E-state index in [2.05, 4.69) is 20.7 Å². The van der Waals surface area contributed by atoms with Crippen LogP contribution in [-0.2, 0) is 13.1 Å². The number of nitrogens with one attached hydrogen (secondary N) is 2. The first-order valence-electron chi connectivity index (χ1n) is 7.18. The van der Waals surface area contributed by atoms with Crippen molar-refractivity contribution in [3.63, 3.8) is 0 Å². The maximum Gasteiger partial charge on any atom is 0.315 e. The fourth-order valence-corrected chi connectivity index (χ4v) is 2.01. The third-order valence-corrected chi connectivity index (χ3v) is 3.12. The van der Waals surface area contributed by atoms with Gasteiger partial charge < -0.3 is 15.5 Å². The molecule has 2 rings (SSSR count). The van der Waals surface area contributed by atoms with E-state index in [1.54, 1.807) is 17.1 Å². The summed E-state index contributed by atoms with van der Waals surface area (Å²) < 4.78 is 1.79. The Bertz CT molecular complexity index is 596. The molecule has 22 heavy (non-hydrogen) atoms. The van der Waals surface area contributed by atoms with Crippen molar-refractivity contribution in [1.29, 1.82) is 0 Å². The average molecular weight is 302 g/mol. The highest BCUT2D eigenvalue weighted by Gasteiger charge is 2.08. The Morgan fingerprint density at radius 2 is 2.23 bits per heavy atom. The van der Waals surface area contributed by atoms with Gasteiger partial charge in [-0.05, 0) is 30.7 Å². The predicted molar refractivity (Wildman–Crippen MR) is 85.6 cm³/mol. The Kier molecular flexibility index (Phi) is 5.35. The van der Waals surface area contributed by atoms with Crippen LogP contribution >= 0.6 is 0 Å². The van der Waals surface area contributed by atoms with E-state index in [4.69, 9.17) is 0 Å². The maximum atomic E-state index is 11.9. The largest absolute Gasteiger partial charge is 0.363 e. The number of amides is 2. The molecule has 0 saturated carbocycles. The first-order valence-corrected chi connectivity index (χ1v) is 7.18. The minimum absolute atomic E-state index is 0.00493. The average Bonchev–Trinajstić information content (AvgIpc) is 2.98. The van der Waals surface area contributed by atoms with E-state index in [0.717, 1.165) is 11.4 Å². The quantitative estimate of drug-likeness (QED) is 0.841. The highest BCUT2D eigenvalue weighted by Crippen LogP contribution is 2.09. The van der Waals surface area contributed by atoms with Crippen molar-refractivity contribution in [3.05, 3.63) is 42.4 Å². The molecule has 0 radical (unpaired) electrons. The lowest BCUT2D eigenvalue weighted by atomic mass is 10.2. The van der Waals surface area contributed by atoms with Crippen molar-refractivity contribution in [2.75, 3.05) is 19.0 Å². The molecule has 2 heterocycles. The normalized spacial score (nSPS) is 11.8. The van der Waals surface area contributed by atoms with Crippen LogP contribution in [0.4, 0.5) is 10.6 Å². The van der Waals surface area contributed by atoms with Gasteiger partial charge >= 0.3 is 6.03 Å². The topological polar surface area (TPSA) is 75.1 Å². The van der Waals surface area contributed by atoms with Crippen LogP contribution in [0.3, 0.4) is 0 Å². The molecular weight excluding hydrogens is 280 g/mol. The molecule has 0 spiro atoms. The van der Waals surface area contributed by atoms with Gasteiger partial charge in [-0.2, -0.15) is 5.10 Å². The summed E-state index contributed by atoms with van der Waals surface area (Å²) in [4.78, 5) is 18.1. The minimum atomic E-state index is -0.192. The molecule has 7 heteroatoms. The number of rotatable bonds is 6. The van der Waals surface area contributed by atoms with Crippen LogP contribution in [0.5, 0.6) is 0 Å². The Labute approximate surface area is 130 Å². The third-order valence-electron chi connectivity index (χ3n) is 3.12. The second-order valence-corrected chi connectivity index (χ2v) is 5.37. The fraction of sp³-hybridized carbons (Fsp3) is 0.400. The number of pyridine rings is 1. The van der Waals surface area contributed by atoms with Crippen molar-refractivity contribution >= 4 is 11.8 Å². The van der Waals surface area contributed by atoms with Crippen molar-refractivity contribution in [3.8, 4) is 0 Å². The molecule has 0 aliphatic carbocycles. The lowest BCUT2D eigenvalue weighted by Gasteiger charge is -2.15. The molecule has 0 fully saturated rings. The van der Waals surface area contributed by atoms with Gasteiger partial charge in [0.05, 0.1) is 6.54 Å². The first-order chi connectivity index (χ1) is 10.5. The SMILES string of the molecule is C[C@@H](Cn1cccn1)NC(=O)NCc1ccnc(N(C)C)c1. The number of carbonyl (C=O) groups is 1. The monoisotopic (exact) mass is 302 g/mol. The summed E-state index contributed by atoms with van der Waals surface area (Å²) in [7, 11) is 3.87. The number of nitrogens with zero attached hydrogens (tertiary/aromatic N) is 4. The molecule has 118 valence electrons. The van der Waals surface area contributed by atoms with E-state index < -0.39 is 0 Å². The molecule has 0 aliphatic heterocycles. The summed E-state index contributed by atoms with van der Waals surface area (Å²) in [6.07, 6.45) is 5.33. The van der Waals surface area contributed by atoms with Gasteiger partial charge in [0, 0.05) is 45.3 Å². The summed E-state index contributed by atoms with van der Waals surface area (Å²) in [6, 6.07) is 5.50. The first kappa shape index (κ1) is 15.8. The molecule has 2 amide bonds. The number of anilines is 1. The van der Waals surface area contributed by atoms with Crippen LogP contribution in [0.15, 0.2) is 36.8 Å². The molecule has 0 aromatic carbocycles. The molecule has 0 unspecified atom stereocenters. The molecule has 7 nitrogen and oxygen atoms in total. The summed E-state index contributed by atoms with van der Waals surface area (Å²) in [5, 5.41) is 9.86. The van der Waals surface area contributed by atoms with E-state index in [9.17, 15) is 4.79 Å². The van der Waals surface area contributed by atoms with Gasteiger partial charge in [-0.25, -0.2) is 9.78 Å². The summed E-state index contributed by atoms with van der Waals surface area (Å²) in [5.74, 6) is 0.867. The van der Waals surface area contributed by atoms with Crippen molar-refractivity contribution in [2.45, 2.75) is 26.1 Å². The molecule has 0 aliphatic rings. The van der Waals surface area contributed by atoms with Gasteiger partial charge in [0.1, 0.15) is 5.82 Å². The second kappa shape index (κ2) is 7.44. The van der Waals surface area contributed by atoms with Gasteiger partial charge in [-0.1, -0.05) is 0 Å². The predicted octanol–water partition coefficient (Wildman–Crippen LogP) is 1.23. The zero-order valence-electron chi connectivity index (χ0n) is 13.2. The number of hydrogen-bond acceptors (Lipinski definition) is 4. The molecule has 2 N–H and O–H groups in total. The Morgan fingerprint density at radius 3 is 2.91 bits per heavy atom. The molecular formula is C15H22N6O. The van der Waals surface area contributed by atoms with Gasteiger partial charge in [0.15, 0.2) is 0 Å². The standard InChI is InChI=1S/C15H22N6O/c1-12(11-21-8-4-6-18-21)19-15(22)17-10-13-5-7-16-14(9-13)20(2)3/h4-9,12H,10-11H2,1-3H3,(H2,17,19,22)/t12-/m0/s1. The van der Waals surface area contributed by atoms with Crippen LogP contribution < -0.4 is 15.5 Å². The smallest absolute Gasteiger partial charge is 0.315 e. The number of hydrogen-bond donors (Lipinski definition) is 2. The van der Waals surface area contributed by atoms with E-state index in [1.807, 2.05) is 50.3 Å². The Morgan fingerprint density at radius 1 is 1.41 bits per heavy atom. The molecule has 0 saturated heterocycles. The van der Waals surface area contributed by atoms with Gasteiger partial charge in [-0.15, -0.1) is 0 Å². The van der Waals surface area contributed by atoms with E-state index >= 15 is 0 Å². The summed E-state index contributed by atoms with van der Waals surface area (Å²) >= 11 is 0. The van der Waals surface area contributed by atoms with Gasteiger partial charge in [0.2, 0.25) is 0 Å². The highest BCUT2D eigenvalue weighted by atomic mass is 16.2. The third kappa shape index (κ3) is 4.76. The van der Waals surface area contributed by atoms with Crippen molar-refractivity contribution < 1.29 is 4.79 Å². The summed E-state index contributed by atoms with van der Waals surface area (Å²) in [6.45, 7) is 3.04. The van der Waals surface area contributed by atoms with Crippen molar-refractivity contribution in [2.24, 2.45) is 0 Å². The highest BCUT2D eigenvalue weighted by molar-refractivity contribution is 5.74. The van der Waals surface area contributed by atoms with Crippen LogP contribution in [0.25, 0.3) is 0 Å². The van der Waals surface area contributed by atoms with E-state index in [1.165, 1.54) is 0 Å². The zero-order valence-corrected chi connectivity index (χ0v) is 13.2. The van der Waals surface area contributed by atoms with E-state index in [-0.39, 0.29) is 12.1 Å². The van der Waals surface area contributed by atoms with Gasteiger partial charge in [0.25, 0.3) is 0 Å². The molecule has 1 atom stereocenters. The minimum Gasteiger partial charge on any atom is -0.363 e. The fourth-order valence-electron chi connectivity index (χ4n) is 2.01. The zero-order chi connectivity index (χ0) is 15.9. The van der Waals surface area contributed by atoms with Gasteiger partial charge in [-0.3, -0.25) is 4.68 Å². The van der Waals surface area contributed by atoms with E-state index in [0.29, 0.717) is 13.1 Å². The van der Waals surface area contributed by atoms with Crippen molar-refractivity contribution in [1.82, 2.24) is 25.4 Å². The maximum absolute atomic E-state index is 11.9. The number of urea groups is 1. The second-order valence-electron chi connectivity index (χ2n) is 5.37. The molecule has 2 aromatic heterocycles. The van der Waals surface area contributed by atoms with Crippen LogP contribution in [0.2, 0.25) is 0 Å². The Balaban J connectivity index is 1.78. The lowest BCUT2D eigenvalue weighted by Crippen LogP contribution is -2.42. The van der Waals surface area contributed by atoms with Crippen LogP contribution in [0.1, 0.15) is 12.5 Å². The number of aromatic nitrogens is 3. The van der Waals surface area contributed by atoms with Crippen LogP contribution in [0, 0.1) is 0 Å². The Hall–Kier alpha value is -2.57. The van der Waals surface area contributed by atoms with Crippen LogP contribution in [-0.4, -0.2) is 40.9 Å². The molecule has 0 bridgehead atoms. The number of carbonyl (C=O) groups excluding carboxylic acids is 1.